The number of hydrogen-bond acceptors (Lipinski definition) is 2. The van der Waals surface area contributed by atoms with E-state index in [1.807, 2.05) is 0 Å². The summed E-state index contributed by atoms with van der Waals surface area (Å²) in [7, 11) is 0. The van der Waals surface area contributed by atoms with E-state index in [1.165, 1.54) is 18.2 Å². The highest BCUT2D eigenvalue weighted by molar-refractivity contribution is 6.33. The van der Waals surface area contributed by atoms with Crippen molar-refractivity contribution in [2.45, 2.75) is 0 Å². The second-order valence-electron chi connectivity index (χ2n) is 3.33. The van der Waals surface area contributed by atoms with Crippen LogP contribution in [0.3, 0.4) is 0 Å². The first kappa shape index (κ1) is 11.7. The van der Waals surface area contributed by atoms with Gasteiger partial charge in [-0.1, -0.05) is 29.8 Å². The van der Waals surface area contributed by atoms with Gasteiger partial charge in [0.25, 0.3) is 0 Å². The zero-order valence-electron chi connectivity index (χ0n) is 8.68. The van der Waals surface area contributed by atoms with Crippen LogP contribution in [-0.4, -0.2) is 0 Å². The SMILES string of the molecule is Fc1cccc(F)c1NNc1ccccc1Cl. The number of hydrazine groups is 1. The molecule has 0 aliphatic heterocycles. The summed E-state index contributed by atoms with van der Waals surface area (Å²) in [6.45, 7) is 0. The van der Waals surface area contributed by atoms with E-state index < -0.39 is 11.6 Å². The molecule has 0 spiro atoms. The molecule has 17 heavy (non-hydrogen) atoms. The average molecular weight is 255 g/mol. The van der Waals surface area contributed by atoms with Gasteiger partial charge < -0.3 is 0 Å². The zero-order valence-corrected chi connectivity index (χ0v) is 9.43. The summed E-state index contributed by atoms with van der Waals surface area (Å²) in [6.07, 6.45) is 0. The molecule has 0 aliphatic carbocycles. The van der Waals surface area contributed by atoms with Gasteiger partial charge in [-0.3, -0.25) is 10.9 Å². The molecule has 0 aliphatic rings. The van der Waals surface area contributed by atoms with Crippen molar-refractivity contribution >= 4 is 23.0 Å². The summed E-state index contributed by atoms with van der Waals surface area (Å²) in [5, 5.41) is 0.455. The second kappa shape index (κ2) is 5.01. The standard InChI is InChI=1S/C12H9ClF2N2/c13-8-4-1-2-7-11(8)16-17-12-9(14)5-3-6-10(12)15/h1-7,16-17H. The van der Waals surface area contributed by atoms with Crippen molar-refractivity contribution in [3.05, 3.63) is 59.1 Å². The minimum absolute atomic E-state index is 0.243. The normalized spacial score (nSPS) is 10.1. The molecule has 0 amide bonds. The van der Waals surface area contributed by atoms with Crippen molar-refractivity contribution in [2.24, 2.45) is 0 Å². The van der Waals surface area contributed by atoms with Crippen molar-refractivity contribution in [3.63, 3.8) is 0 Å². The minimum atomic E-state index is -0.676. The van der Waals surface area contributed by atoms with E-state index in [2.05, 4.69) is 10.9 Å². The predicted octanol–water partition coefficient (Wildman–Crippen LogP) is 4.06. The largest absolute Gasteiger partial charge is 0.299 e. The number of hydrogen-bond donors (Lipinski definition) is 2. The van der Waals surface area contributed by atoms with E-state index in [1.54, 1.807) is 24.3 Å². The number of halogens is 3. The third-order valence-electron chi connectivity index (χ3n) is 2.16. The van der Waals surface area contributed by atoms with Crippen LogP contribution in [0.25, 0.3) is 0 Å². The maximum atomic E-state index is 13.3. The van der Waals surface area contributed by atoms with Crippen molar-refractivity contribution in [3.8, 4) is 0 Å². The van der Waals surface area contributed by atoms with E-state index in [-0.39, 0.29) is 5.69 Å². The van der Waals surface area contributed by atoms with Gasteiger partial charge in [-0.05, 0) is 24.3 Å². The molecule has 5 heteroatoms. The van der Waals surface area contributed by atoms with E-state index >= 15 is 0 Å². The van der Waals surface area contributed by atoms with E-state index in [4.69, 9.17) is 11.6 Å². The molecular formula is C12H9ClF2N2. The fourth-order valence-corrected chi connectivity index (χ4v) is 1.49. The van der Waals surface area contributed by atoms with Crippen molar-refractivity contribution in [1.29, 1.82) is 0 Å². The summed E-state index contributed by atoms with van der Waals surface area (Å²) in [4.78, 5) is 0. The first-order chi connectivity index (χ1) is 8.18. The maximum absolute atomic E-state index is 13.3. The summed E-state index contributed by atoms with van der Waals surface area (Å²) in [5.74, 6) is -1.35. The third-order valence-corrected chi connectivity index (χ3v) is 2.49. The Labute approximate surface area is 102 Å². The summed E-state index contributed by atoms with van der Waals surface area (Å²) >= 11 is 5.88. The lowest BCUT2D eigenvalue weighted by Crippen LogP contribution is -2.11. The molecule has 0 heterocycles. The molecule has 2 N–H and O–H groups in total. The Kier molecular flexibility index (Phi) is 3.44. The van der Waals surface area contributed by atoms with E-state index in [9.17, 15) is 8.78 Å². The summed E-state index contributed by atoms with van der Waals surface area (Å²) < 4.78 is 26.6. The Morgan fingerprint density at radius 3 is 2.12 bits per heavy atom. The second-order valence-corrected chi connectivity index (χ2v) is 3.73. The zero-order chi connectivity index (χ0) is 12.3. The first-order valence-corrected chi connectivity index (χ1v) is 5.27. The van der Waals surface area contributed by atoms with E-state index in [0.717, 1.165) is 0 Å². The molecule has 88 valence electrons. The minimum Gasteiger partial charge on any atom is -0.299 e. The molecular weight excluding hydrogens is 246 g/mol. The Morgan fingerprint density at radius 2 is 1.47 bits per heavy atom. The number of benzene rings is 2. The van der Waals surface area contributed by atoms with Gasteiger partial charge in [-0.15, -0.1) is 0 Å². The van der Waals surface area contributed by atoms with Crippen molar-refractivity contribution in [1.82, 2.24) is 0 Å². The molecule has 2 aromatic rings. The number of para-hydroxylation sites is 2. The topological polar surface area (TPSA) is 24.1 Å². The number of rotatable bonds is 3. The molecule has 2 nitrogen and oxygen atoms in total. The quantitative estimate of drug-likeness (QED) is 0.808. The third kappa shape index (κ3) is 2.65. The van der Waals surface area contributed by atoms with Crippen LogP contribution in [0.15, 0.2) is 42.5 Å². The highest BCUT2D eigenvalue weighted by Gasteiger charge is 2.07. The molecule has 0 saturated heterocycles. The smallest absolute Gasteiger partial charge is 0.151 e. The van der Waals surface area contributed by atoms with E-state index in [0.29, 0.717) is 10.7 Å². The van der Waals surface area contributed by atoms with Gasteiger partial charge in [0.05, 0.1) is 10.7 Å². The Bertz CT molecular complexity index is 511. The Hall–Kier alpha value is -1.81. The lowest BCUT2D eigenvalue weighted by Gasteiger charge is -2.12. The van der Waals surface area contributed by atoms with Crippen molar-refractivity contribution < 1.29 is 8.78 Å². The van der Waals surface area contributed by atoms with Gasteiger partial charge in [0, 0.05) is 0 Å². The van der Waals surface area contributed by atoms with Crippen LogP contribution in [0.1, 0.15) is 0 Å². The van der Waals surface area contributed by atoms with Crippen molar-refractivity contribution in [2.75, 3.05) is 10.9 Å². The highest BCUT2D eigenvalue weighted by atomic mass is 35.5. The lowest BCUT2D eigenvalue weighted by molar-refractivity contribution is 0.590. The highest BCUT2D eigenvalue weighted by Crippen LogP contribution is 2.22. The van der Waals surface area contributed by atoms with Gasteiger partial charge >= 0.3 is 0 Å². The fourth-order valence-electron chi connectivity index (χ4n) is 1.31. The lowest BCUT2D eigenvalue weighted by atomic mass is 10.3. The molecule has 0 fully saturated rings. The molecule has 2 rings (SSSR count). The number of anilines is 2. The number of nitrogens with one attached hydrogen (secondary N) is 2. The predicted molar refractivity (Wildman–Crippen MR) is 65.1 cm³/mol. The van der Waals surface area contributed by atoms with Crippen LogP contribution >= 0.6 is 11.6 Å². The van der Waals surface area contributed by atoms with Crippen LogP contribution in [0.5, 0.6) is 0 Å². The molecule has 0 bridgehead atoms. The molecule has 2 aromatic carbocycles. The van der Waals surface area contributed by atoms with Crippen LogP contribution in [0.2, 0.25) is 5.02 Å². The van der Waals surface area contributed by atoms with Gasteiger partial charge in [-0.25, -0.2) is 8.78 Å². The maximum Gasteiger partial charge on any atom is 0.151 e. The van der Waals surface area contributed by atoms with Gasteiger partial charge in [0.2, 0.25) is 0 Å². The Balaban J connectivity index is 2.16. The Morgan fingerprint density at radius 1 is 0.824 bits per heavy atom. The van der Waals surface area contributed by atoms with Gasteiger partial charge in [0.15, 0.2) is 11.6 Å². The molecule has 0 saturated carbocycles. The first-order valence-electron chi connectivity index (χ1n) is 4.89. The monoisotopic (exact) mass is 254 g/mol. The average Bonchev–Trinajstić information content (AvgIpc) is 2.30. The van der Waals surface area contributed by atoms with Gasteiger partial charge in [0.1, 0.15) is 5.69 Å². The molecule has 0 aromatic heterocycles. The van der Waals surface area contributed by atoms with Crippen LogP contribution < -0.4 is 10.9 Å². The van der Waals surface area contributed by atoms with Crippen LogP contribution in [-0.2, 0) is 0 Å². The fraction of sp³-hybridized carbons (Fsp3) is 0. The summed E-state index contributed by atoms with van der Waals surface area (Å²) in [6, 6.07) is 10.5. The summed E-state index contributed by atoms with van der Waals surface area (Å²) in [5.41, 5.74) is 5.40. The van der Waals surface area contributed by atoms with Crippen LogP contribution in [0, 0.1) is 11.6 Å². The van der Waals surface area contributed by atoms with Gasteiger partial charge in [-0.2, -0.15) is 0 Å². The molecule has 0 atom stereocenters. The molecule has 0 radical (unpaired) electrons. The van der Waals surface area contributed by atoms with Crippen LogP contribution in [0.4, 0.5) is 20.2 Å². The molecule has 0 unspecified atom stereocenters.